The number of fused-ring (bicyclic) bond motifs is 3. The average molecular weight is 368 g/mol. The molecule has 142 valence electrons. The zero-order valence-electron chi connectivity index (χ0n) is 15.9. The third kappa shape index (κ3) is 3.26. The Balaban J connectivity index is 1.96. The summed E-state index contributed by atoms with van der Waals surface area (Å²) < 4.78 is 17.0. The summed E-state index contributed by atoms with van der Waals surface area (Å²) in [6.45, 7) is 3.56. The molecule has 0 atom stereocenters. The Labute approximate surface area is 157 Å². The van der Waals surface area contributed by atoms with Crippen molar-refractivity contribution in [3.8, 4) is 5.75 Å². The number of methoxy groups -OCH3 is 1. The van der Waals surface area contributed by atoms with Crippen LogP contribution in [0.1, 0.15) is 5.56 Å². The molecule has 1 aliphatic heterocycles. The Hall–Kier alpha value is -2.57. The third-order valence-corrected chi connectivity index (χ3v) is 5.05. The Morgan fingerprint density at radius 3 is 2.59 bits per heavy atom. The maximum Gasteiger partial charge on any atom is 0.204 e. The van der Waals surface area contributed by atoms with E-state index in [0.29, 0.717) is 42.2 Å². The lowest BCUT2D eigenvalue weighted by Gasteiger charge is -2.27. The Kier molecular flexibility index (Phi) is 4.76. The predicted octanol–water partition coefficient (Wildman–Crippen LogP) is 2.85. The average Bonchev–Trinajstić information content (AvgIpc) is 2.69. The highest BCUT2D eigenvalue weighted by Gasteiger charge is 2.21. The second-order valence-electron chi connectivity index (χ2n) is 7.02. The maximum absolute atomic E-state index is 13.6. The topological polar surface area (TPSA) is 55.1 Å². The van der Waals surface area contributed by atoms with E-state index in [1.165, 1.54) is 0 Å². The molecule has 1 fully saturated rings. The van der Waals surface area contributed by atoms with Gasteiger partial charge < -0.3 is 18.8 Å². The van der Waals surface area contributed by atoms with Crippen LogP contribution in [0.5, 0.6) is 5.75 Å². The molecule has 3 aromatic rings. The highest BCUT2D eigenvalue weighted by atomic mass is 16.5. The van der Waals surface area contributed by atoms with Gasteiger partial charge in [-0.15, -0.1) is 0 Å². The van der Waals surface area contributed by atoms with E-state index in [9.17, 15) is 4.79 Å². The van der Waals surface area contributed by atoms with Crippen molar-refractivity contribution in [3.05, 3.63) is 46.1 Å². The van der Waals surface area contributed by atoms with Crippen molar-refractivity contribution in [3.63, 3.8) is 0 Å². The fraction of sp³-hybridized carbons (Fsp3) is 0.381. The van der Waals surface area contributed by atoms with Gasteiger partial charge in [-0.2, -0.15) is 0 Å². The van der Waals surface area contributed by atoms with Crippen LogP contribution in [-0.2, 0) is 11.3 Å². The zero-order chi connectivity index (χ0) is 19.0. The highest BCUT2D eigenvalue weighted by molar-refractivity contribution is 6.06. The van der Waals surface area contributed by atoms with Crippen molar-refractivity contribution in [1.29, 1.82) is 0 Å². The van der Waals surface area contributed by atoms with Crippen molar-refractivity contribution >= 4 is 27.6 Å². The van der Waals surface area contributed by atoms with Gasteiger partial charge in [0.25, 0.3) is 0 Å². The van der Waals surface area contributed by atoms with Crippen LogP contribution in [0.15, 0.2) is 39.5 Å². The summed E-state index contributed by atoms with van der Waals surface area (Å²) >= 11 is 0. The first-order valence-electron chi connectivity index (χ1n) is 9.12. The predicted molar refractivity (Wildman–Crippen MR) is 107 cm³/mol. The number of morpholine rings is 1. The zero-order valence-corrected chi connectivity index (χ0v) is 15.9. The van der Waals surface area contributed by atoms with Gasteiger partial charge >= 0.3 is 0 Å². The van der Waals surface area contributed by atoms with Gasteiger partial charge in [0.15, 0.2) is 5.43 Å². The van der Waals surface area contributed by atoms with E-state index in [4.69, 9.17) is 13.9 Å². The van der Waals surface area contributed by atoms with E-state index in [2.05, 4.69) is 4.90 Å². The van der Waals surface area contributed by atoms with Gasteiger partial charge in [-0.1, -0.05) is 12.1 Å². The number of rotatable bonds is 4. The molecule has 0 saturated carbocycles. The molecule has 2 heterocycles. The second kappa shape index (κ2) is 7.21. The van der Waals surface area contributed by atoms with E-state index < -0.39 is 0 Å². The van der Waals surface area contributed by atoms with Crippen molar-refractivity contribution in [2.45, 2.75) is 6.54 Å². The quantitative estimate of drug-likeness (QED) is 0.660. The number of benzene rings is 2. The number of ether oxygens (including phenoxy) is 2. The molecular weight excluding hydrogens is 344 g/mol. The van der Waals surface area contributed by atoms with Crippen LogP contribution in [0.25, 0.3) is 21.7 Å². The standard InChI is InChI=1S/C21H24N2O4/c1-22(2)21-17(13-23-8-10-26-11-9-23)20(24)19-16-12-15(25-3)6-4-14(16)5-7-18(19)27-21/h4-7,12H,8-11,13H2,1-3H3. The molecule has 0 N–H and O–H groups in total. The summed E-state index contributed by atoms with van der Waals surface area (Å²) in [6.07, 6.45) is 0. The lowest BCUT2D eigenvalue weighted by molar-refractivity contribution is 0.0339. The molecule has 4 rings (SSSR count). The Morgan fingerprint density at radius 2 is 1.89 bits per heavy atom. The van der Waals surface area contributed by atoms with Crippen LogP contribution < -0.4 is 15.1 Å². The molecule has 6 nitrogen and oxygen atoms in total. The summed E-state index contributed by atoms with van der Waals surface area (Å²) in [5.74, 6) is 1.34. The molecule has 2 aromatic carbocycles. The van der Waals surface area contributed by atoms with Crippen LogP contribution in [0, 0.1) is 0 Å². The van der Waals surface area contributed by atoms with Crippen LogP contribution in [-0.4, -0.2) is 52.4 Å². The van der Waals surface area contributed by atoms with E-state index in [1.807, 2.05) is 49.3 Å². The van der Waals surface area contributed by atoms with Crippen molar-refractivity contribution in [2.24, 2.45) is 0 Å². The van der Waals surface area contributed by atoms with Gasteiger partial charge in [0.2, 0.25) is 5.88 Å². The van der Waals surface area contributed by atoms with Gasteiger partial charge in [-0.3, -0.25) is 9.69 Å². The molecule has 27 heavy (non-hydrogen) atoms. The van der Waals surface area contributed by atoms with Crippen LogP contribution >= 0.6 is 0 Å². The number of anilines is 1. The van der Waals surface area contributed by atoms with Crippen molar-refractivity contribution in [2.75, 3.05) is 52.4 Å². The van der Waals surface area contributed by atoms with Crippen LogP contribution in [0.4, 0.5) is 5.88 Å². The lowest BCUT2D eigenvalue weighted by Crippen LogP contribution is -2.37. The van der Waals surface area contributed by atoms with Gasteiger partial charge in [0.1, 0.15) is 11.3 Å². The number of hydrogen-bond acceptors (Lipinski definition) is 6. The first-order chi connectivity index (χ1) is 13.1. The van der Waals surface area contributed by atoms with E-state index in [-0.39, 0.29) is 5.43 Å². The number of nitrogens with zero attached hydrogens (tertiary/aromatic N) is 2. The molecular formula is C21H24N2O4. The normalized spacial score (nSPS) is 15.4. The smallest absolute Gasteiger partial charge is 0.204 e. The van der Waals surface area contributed by atoms with Gasteiger partial charge in [0.05, 0.1) is 31.3 Å². The molecule has 0 aliphatic carbocycles. The minimum Gasteiger partial charge on any atom is -0.497 e. The summed E-state index contributed by atoms with van der Waals surface area (Å²) in [5, 5.41) is 2.46. The Morgan fingerprint density at radius 1 is 1.15 bits per heavy atom. The third-order valence-electron chi connectivity index (χ3n) is 5.05. The Bertz CT molecular complexity index is 1040. The minimum atomic E-state index is 0.0188. The van der Waals surface area contributed by atoms with Gasteiger partial charge in [0, 0.05) is 39.1 Å². The minimum absolute atomic E-state index is 0.0188. The van der Waals surface area contributed by atoms with Crippen LogP contribution in [0.3, 0.4) is 0 Å². The molecule has 6 heteroatoms. The monoisotopic (exact) mass is 368 g/mol. The van der Waals surface area contributed by atoms with Crippen molar-refractivity contribution < 1.29 is 13.9 Å². The summed E-state index contributed by atoms with van der Waals surface area (Å²) in [4.78, 5) is 17.7. The molecule has 0 spiro atoms. The molecule has 0 unspecified atom stereocenters. The molecule has 0 radical (unpaired) electrons. The molecule has 1 aromatic heterocycles. The van der Waals surface area contributed by atoms with Gasteiger partial charge in [-0.05, 0) is 23.6 Å². The fourth-order valence-corrected chi connectivity index (χ4v) is 3.62. The SMILES string of the molecule is COc1ccc2ccc3oc(N(C)C)c(CN4CCOCC4)c(=O)c3c2c1. The number of hydrogen-bond donors (Lipinski definition) is 0. The summed E-state index contributed by atoms with van der Waals surface area (Å²) in [6, 6.07) is 9.62. The van der Waals surface area contributed by atoms with Crippen LogP contribution in [0.2, 0.25) is 0 Å². The summed E-state index contributed by atoms with van der Waals surface area (Å²) in [5.41, 5.74) is 1.30. The first kappa shape index (κ1) is 17.8. The molecule has 1 aliphatic rings. The van der Waals surface area contributed by atoms with Gasteiger partial charge in [-0.25, -0.2) is 0 Å². The second-order valence-corrected chi connectivity index (χ2v) is 7.02. The lowest BCUT2D eigenvalue weighted by atomic mass is 10.0. The molecule has 0 amide bonds. The maximum atomic E-state index is 13.6. The summed E-state index contributed by atoms with van der Waals surface area (Å²) in [7, 11) is 5.43. The fourth-order valence-electron chi connectivity index (χ4n) is 3.62. The van der Waals surface area contributed by atoms with E-state index in [1.54, 1.807) is 7.11 Å². The molecule has 1 saturated heterocycles. The van der Waals surface area contributed by atoms with E-state index >= 15 is 0 Å². The molecule has 0 bridgehead atoms. The highest BCUT2D eigenvalue weighted by Crippen LogP contribution is 2.30. The van der Waals surface area contributed by atoms with Crippen molar-refractivity contribution in [1.82, 2.24) is 4.90 Å². The first-order valence-corrected chi connectivity index (χ1v) is 9.12. The largest absolute Gasteiger partial charge is 0.497 e. The van der Waals surface area contributed by atoms with E-state index in [0.717, 1.165) is 29.6 Å².